The van der Waals surface area contributed by atoms with Crippen LogP contribution in [0.4, 0.5) is 0 Å². The molecular formula is C14H32N2O3Si. The Hall–Kier alpha value is 0.0169. The normalized spacial score (nSPS) is 27.4. The third-order valence-electron chi connectivity index (χ3n) is 4.57. The first-order valence-electron chi connectivity index (χ1n) is 7.66. The second kappa shape index (κ2) is 8.46. The van der Waals surface area contributed by atoms with E-state index in [0.717, 1.165) is 32.0 Å². The van der Waals surface area contributed by atoms with Gasteiger partial charge in [-0.2, -0.15) is 0 Å². The van der Waals surface area contributed by atoms with E-state index in [-0.39, 0.29) is 5.22 Å². The molecule has 120 valence electrons. The number of hydrogen-bond acceptors (Lipinski definition) is 5. The summed E-state index contributed by atoms with van der Waals surface area (Å²) in [5, 5.41) is 3.16. The molecule has 1 heterocycles. The zero-order chi connectivity index (χ0) is 15.1. The van der Waals surface area contributed by atoms with Crippen LogP contribution in [0.5, 0.6) is 0 Å². The fourth-order valence-corrected chi connectivity index (χ4v) is 7.55. The van der Waals surface area contributed by atoms with Crippen LogP contribution in [0.1, 0.15) is 32.6 Å². The van der Waals surface area contributed by atoms with E-state index in [9.17, 15) is 0 Å². The van der Waals surface area contributed by atoms with E-state index in [0.29, 0.717) is 12.5 Å². The molecule has 1 saturated heterocycles. The Morgan fingerprint density at radius 2 is 1.95 bits per heavy atom. The first-order chi connectivity index (χ1) is 9.59. The molecule has 0 amide bonds. The predicted molar refractivity (Wildman–Crippen MR) is 83.9 cm³/mol. The molecule has 6 heteroatoms. The summed E-state index contributed by atoms with van der Waals surface area (Å²) in [6, 6.07) is 1.02. The van der Waals surface area contributed by atoms with Crippen LogP contribution in [-0.4, -0.2) is 54.7 Å². The summed E-state index contributed by atoms with van der Waals surface area (Å²) in [6.45, 7) is 4.75. The van der Waals surface area contributed by atoms with Gasteiger partial charge in [0, 0.05) is 34.4 Å². The Balaban J connectivity index is 2.76. The molecule has 0 radical (unpaired) electrons. The largest absolute Gasteiger partial charge is 0.396 e. The maximum atomic E-state index is 6.01. The van der Waals surface area contributed by atoms with E-state index < -0.39 is 8.56 Å². The van der Waals surface area contributed by atoms with Crippen LogP contribution in [0.25, 0.3) is 0 Å². The van der Waals surface area contributed by atoms with Crippen LogP contribution >= 0.6 is 0 Å². The first-order valence-corrected chi connectivity index (χ1v) is 9.68. The molecule has 1 fully saturated rings. The lowest BCUT2D eigenvalue weighted by Crippen LogP contribution is -2.65. The minimum Gasteiger partial charge on any atom is -0.396 e. The average Bonchev–Trinajstić information content (AvgIpc) is 2.48. The molecule has 1 aliphatic heterocycles. The molecule has 1 rings (SSSR count). The summed E-state index contributed by atoms with van der Waals surface area (Å²) >= 11 is 0. The molecule has 2 atom stereocenters. The number of ether oxygens (including phenoxy) is 1. The van der Waals surface area contributed by atoms with Crippen molar-refractivity contribution < 1.29 is 13.6 Å². The quantitative estimate of drug-likeness (QED) is 0.498. The summed E-state index contributed by atoms with van der Waals surface area (Å²) < 4.78 is 17.8. The van der Waals surface area contributed by atoms with Gasteiger partial charge in [-0.1, -0.05) is 19.8 Å². The second-order valence-corrected chi connectivity index (χ2v) is 9.60. The van der Waals surface area contributed by atoms with Crippen LogP contribution < -0.4 is 11.1 Å². The van der Waals surface area contributed by atoms with Gasteiger partial charge in [0.05, 0.1) is 0 Å². The number of rotatable bonds is 9. The maximum absolute atomic E-state index is 6.01. The lowest BCUT2D eigenvalue weighted by atomic mass is 9.98. The van der Waals surface area contributed by atoms with Gasteiger partial charge in [-0.05, 0) is 31.3 Å². The lowest BCUT2D eigenvalue weighted by Gasteiger charge is -2.49. The van der Waals surface area contributed by atoms with Crippen LogP contribution in [0.3, 0.4) is 0 Å². The number of nitrogens with two attached hydrogens (primary N) is 1. The smallest absolute Gasteiger partial charge is 0.370 e. The molecule has 0 spiro atoms. The van der Waals surface area contributed by atoms with E-state index in [1.807, 2.05) is 7.11 Å². The molecule has 0 aliphatic carbocycles. The van der Waals surface area contributed by atoms with E-state index >= 15 is 0 Å². The van der Waals surface area contributed by atoms with E-state index in [1.54, 1.807) is 14.2 Å². The molecule has 3 N–H and O–H groups in total. The molecule has 0 bridgehead atoms. The van der Waals surface area contributed by atoms with Crippen molar-refractivity contribution in [3.63, 3.8) is 0 Å². The van der Waals surface area contributed by atoms with Gasteiger partial charge in [0.15, 0.2) is 0 Å². The fourth-order valence-electron chi connectivity index (χ4n) is 3.53. The zero-order valence-corrected chi connectivity index (χ0v) is 14.5. The summed E-state index contributed by atoms with van der Waals surface area (Å²) in [7, 11) is 3.08. The maximum Gasteiger partial charge on any atom is 0.370 e. The Kier molecular flexibility index (Phi) is 7.64. The highest BCUT2D eigenvalue weighted by Gasteiger charge is 2.59. The van der Waals surface area contributed by atoms with Gasteiger partial charge in [-0.3, -0.25) is 0 Å². The molecule has 0 aromatic carbocycles. The van der Waals surface area contributed by atoms with Crippen molar-refractivity contribution in [2.75, 3.05) is 41.0 Å². The molecule has 1 aliphatic rings. The van der Waals surface area contributed by atoms with Crippen LogP contribution in [0.2, 0.25) is 6.04 Å². The molecule has 0 saturated carbocycles. The van der Waals surface area contributed by atoms with Crippen LogP contribution in [0, 0.1) is 5.92 Å². The summed E-state index contributed by atoms with van der Waals surface area (Å²) in [4.78, 5) is 0. The van der Waals surface area contributed by atoms with Gasteiger partial charge in [-0.25, -0.2) is 0 Å². The first kappa shape index (κ1) is 18.1. The third kappa shape index (κ3) is 3.81. The van der Waals surface area contributed by atoms with Crippen molar-refractivity contribution in [2.45, 2.75) is 43.9 Å². The van der Waals surface area contributed by atoms with E-state index in [1.165, 1.54) is 12.8 Å². The lowest BCUT2D eigenvalue weighted by molar-refractivity contribution is -0.0234. The minimum atomic E-state index is -2.30. The summed E-state index contributed by atoms with van der Waals surface area (Å²) in [6.07, 6.45) is 4.39. The molecule has 5 nitrogen and oxygen atoms in total. The van der Waals surface area contributed by atoms with E-state index in [4.69, 9.17) is 19.3 Å². The highest BCUT2D eigenvalue weighted by atomic mass is 28.4. The molecule has 2 unspecified atom stereocenters. The minimum absolute atomic E-state index is 0.224. The Morgan fingerprint density at radius 1 is 1.25 bits per heavy atom. The van der Waals surface area contributed by atoms with Gasteiger partial charge in [0.2, 0.25) is 0 Å². The van der Waals surface area contributed by atoms with Gasteiger partial charge in [0.25, 0.3) is 0 Å². The van der Waals surface area contributed by atoms with E-state index in [2.05, 4.69) is 12.2 Å². The SMILES string of the molecule is COC1(CC(C)CNCCN)CCCC[Si]1(OC)OC. The number of methoxy groups -OCH3 is 1. The van der Waals surface area contributed by atoms with Gasteiger partial charge >= 0.3 is 8.56 Å². The molecule has 20 heavy (non-hydrogen) atoms. The van der Waals surface area contributed by atoms with Crippen molar-refractivity contribution in [2.24, 2.45) is 11.7 Å². The molecule has 0 aromatic rings. The monoisotopic (exact) mass is 304 g/mol. The van der Waals surface area contributed by atoms with Crippen molar-refractivity contribution in [1.29, 1.82) is 0 Å². The Bertz CT molecular complexity index is 277. The fraction of sp³-hybridized carbons (Fsp3) is 1.00. The zero-order valence-electron chi connectivity index (χ0n) is 13.5. The van der Waals surface area contributed by atoms with Crippen molar-refractivity contribution in [1.82, 2.24) is 5.32 Å². The average molecular weight is 305 g/mol. The molecule has 0 aromatic heterocycles. The standard InChI is InChI=1S/C14H32N2O3Si/c1-13(12-16-9-8-15)11-14(17-2)7-5-6-10-20(14,18-3)19-4/h13,16H,5-12,15H2,1-4H3. The highest BCUT2D eigenvalue weighted by molar-refractivity contribution is 6.70. The number of nitrogens with one attached hydrogen (secondary N) is 1. The van der Waals surface area contributed by atoms with Gasteiger partial charge < -0.3 is 24.6 Å². The van der Waals surface area contributed by atoms with Crippen molar-refractivity contribution >= 4 is 8.56 Å². The van der Waals surface area contributed by atoms with Crippen molar-refractivity contribution in [3.05, 3.63) is 0 Å². The topological polar surface area (TPSA) is 65.7 Å². The van der Waals surface area contributed by atoms with Crippen molar-refractivity contribution in [3.8, 4) is 0 Å². The predicted octanol–water partition coefficient (Wildman–Crippen LogP) is 1.40. The molecular weight excluding hydrogens is 272 g/mol. The Morgan fingerprint density at radius 3 is 2.50 bits per heavy atom. The summed E-state index contributed by atoms with van der Waals surface area (Å²) in [5.74, 6) is 0.511. The van der Waals surface area contributed by atoms with Gasteiger partial charge in [-0.15, -0.1) is 0 Å². The number of hydrogen-bond donors (Lipinski definition) is 2. The Labute approximate surface area is 124 Å². The van der Waals surface area contributed by atoms with Gasteiger partial charge in [0.1, 0.15) is 5.22 Å². The summed E-state index contributed by atoms with van der Waals surface area (Å²) in [5.41, 5.74) is 5.52. The highest BCUT2D eigenvalue weighted by Crippen LogP contribution is 2.43. The van der Waals surface area contributed by atoms with Crippen LogP contribution in [0.15, 0.2) is 0 Å². The third-order valence-corrected chi connectivity index (χ3v) is 8.95. The second-order valence-electron chi connectivity index (χ2n) is 5.87. The van der Waals surface area contributed by atoms with Crippen LogP contribution in [-0.2, 0) is 13.6 Å².